The Morgan fingerprint density at radius 1 is 1.10 bits per heavy atom. The minimum absolute atomic E-state index is 0.140. The first-order valence-electron chi connectivity index (χ1n) is 10.5. The molecule has 0 bridgehead atoms. The minimum atomic E-state index is -0.295. The zero-order valence-corrected chi connectivity index (χ0v) is 17.0. The number of aromatic nitrogens is 3. The van der Waals surface area contributed by atoms with Crippen LogP contribution in [0.5, 0.6) is 0 Å². The molecule has 3 aromatic rings. The van der Waals surface area contributed by atoms with Crippen molar-refractivity contribution < 1.29 is 14.0 Å². The topological polar surface area (TPSA) is 94.2 Å². The molecule has 9 heteroatoms. The number of hydrogen-bond acceptors (Lipinski definition) is 5. The van der Waals surface area contributed by atoms with Gasteiger partial charge in [-0.05, 0) is 36.6 Å². The van der Waals surface area contributed by atoms with E-state index in [9.17, 15) is 14.0 Å². The summed E-state index contributed by atoms with van der Waals surface area (Å²) in [7, 11) is 0. The van der Waals surface area contributed by atoms with Gasteiger partial charge in [-0.2, -0.15) is 0 Å². The molecule has 1 saturated heterocycles. The fourth-order valence-corrected chi connectivity index (χ4v) is 3.89. The smallest absolute Gasteiger partial charge is 0.317 e. The Balaban J connectivity index is 1.22. The summed E-state index contributed by atoms with van der Waals surface area (Å²) in [6.07, 6.45) is 3.41. The summed E-state index contributed by atoms with van der Waals surface area (Å²) < 4.78 is 13.0. The Hall–Kier alpha value is -3.49. The van der Waals surface area contributed by atoms with Crippen molar-refractivity contribution in [3.05, 3.63) is 53.7 Å². The Morgan fingerprint density at radius 3 is 2.55 bits per heavy atom. The first-order chi connectivity index (χ1) is 15.1. The molecule has 2 aromatic heterocycles. The third-order valence-electron chi connectivity index (χ3n) is 5.84. The molecule has 0 spiro atoms. The molecule has 160 valence electrons. The van der Waals surface area contributed by atoms with Gasteiger partial charge < -0.3 is 20.1 Å². The van der Waals surface area contributed by atoms with Gasteiger partial charge in [0.1, 0.15) is 23.6 Å². The second kappa shape index (κ2) is 7.98. The number of hydrogen-bond donors (Lipinski definition) is 2. The Labute approximate surface area is 178 Å². The normalized spacial score (nSPS) is 16.5. The van der Waals surface area contributed by atoms with Gasteiger partial charge in [-0.15, -0.1) is 0 Å². The van der Waals surface area contributed by atoms with Crippen LogP contribution in [-0.4, -0.2) is 57.8 Å². The number of fused-ring (bicyclic) bond motifs is 1. The molecule has 31 heavy (non-hydrogen) atoms. The summed E-state index contributed by atoms with van der Waals surface area (Å²) in [4.78, 5) is 40.6. The molecule has 1 saturated carbocycles. The van der Waals surface area contributed by atoms with Crippen molar-refractivity contribution in [2.24, 2.45) is 5.92 Å². The molecule has 2 amide bonds. The number of carbonyl (C=O) groups is 2. The number of aromatic amines is 1. The summed E-state index contributed by atoms with van der Waals surface area (Å²) in [5.74, 6) is 0.770. The second-order valence-corrected chi connectivity index (χ2v) is 8.04. The first kappa shape index (κ1) is 19.5. The lowest BCUT2D eigenvalue weighted by Crippen LogP contribution is -2.52. The largest absolute Gasteiger partial charge is 0.352 e. The third-order valence-corrected chi connectivity index (χ3v) is 5.84. The van der Waals surface area contributed by atoms with Crippen molar-refractivity contribution >= 4 is 28.7 Å². The molecule has 5 rings (SSSR count). The van der Waals surface area contributed by atoms with Crippen LogP contribution in [0.25, 0.3) is 11.0 Å². The van der Waals surface area contributed by atoms with E-state index in [1.54, 1.807) is 17.0 Å². The molecular formula is C22H23FN6O2. The van der Waals surface area contributed by atoms with Crippen LogP contribution in [0.15, 0.2) is 36.7 Å². The highest BCUT2D eigenvalue weighted by molar-refractivity contribution is 6.03. The van der Waals surface area contributed by atoms with Crippen molar-refractivity contribution in [1.82, 2.24) is 25.2 Å². The highest BCUT2D eigenvalue weighted by Gasteiger charge is 2.32. The van der Waals surface area contributed by atoms with Gasteiger partial charge in [0.15, 0.2) is 5.78 Å². The van der Waals surface area contributed by atoms with Gasteiger partial charge in [-0.25, -0.2) is 19.2 Å². The van der Waals surface area contributed by atoms with Gasteiger partial charge in [0.2, 0.25) is 0 Å². The fraction of sp³-hybridized carbons (Fsp3) is 0.364. The Kier molecular flexibility index (Phi) is 5.01. The number of anilines is 1. The molecule has 0 atom stereocenters. The molecular weight excluding hydrogens is 399 g/mol. The standard InChI is InChI=1S/C22H23FN6O2/c23-16-5-1-14(2-6-16)12-24-22(31)29-9-7-28(8-10-29)21-17-11-18(19(30)15-3-4-15)27-20(17)25-13-26-21/h1-2,5-6,11,13,15H,3-4,7-10,12H2,(H,24,31)(H,25,26,27). The number of nitrogens with one attached hydrogen (secondary N) is 2. The Bertz CT molecular complexity index is 1120. The van der Waals surface area contributed by atoms with Crippen LogP contribution in [-0.2, 0) is 6.54 Å². The number of piperazine rings is 1. The SMILES string of the molecule is O=C(c1cc2c(N3CCN(C(=O)NCc4ccc(F)cc4)CC3)ncnc2[nH]1)C1CC1. The summed E-state index contributed by atoms with van der Waals surface area (Å²) >= 11 is 0. The highest BCUT2D eigenvalue weighted by atomic mass is 19.1. The van der Waals surface area contributed by atoms with Crippen molar-refractivity contribution in [3.63, 3.8) is 0 Å². The molecule has 8 nitrogen and oxygen atoms in total. The summed E-state index contributed by atoms with van der Waals surface area (Å²) in [6.45, 7) is 2.73. The van der Waals surface area contributed by atoms with Crippen molar-refractivity contribution in [2.75, 3.05) is 31.1 Å². The number of ketones is 1. The van der Waals surface area contributed by atoms with Crippen LogP contribution >= 0.6 is 0 Å². The summed E-state index contributed by atoms with van der Waals surface area (Å²) in [5, 5.41) is 3.72. The number of Topliss-reactive ketones (excluding diaryl/α,β-unsaturated/α-hetero) is 1. The summed E-state index contributed by atoms with van der Waals surface area (Å²) in [5.41, 5.74) is 2.10. The van der Waals surface area contributed by atoms with Crippen LogP contribution < -0.4 is 10.2 Å². The van der Waals surface area contributed by atoms with E-state index in [1.807, 2.05) is 6.07 Å². The maximum atomic E-state index is 13.0. The molecule has 1 aliphatic heterocycles. The molecule has 2 fully saturated rings. The van der Waals surface area contributed by atoms with Gasteiger partial charge >= 0.3 is 6.03 Å². The molecule has 3 heterocycles. The summed E-state index contributed by atoms with van der Waals surface area (Å²) in [6, 6.07) is 7.80. The zero-order chi connectivity index (χ0) is 21.4. The van der Waals surface area contributed by atoms with Gasteiger partial charge in [-0.3, -0.25) is 4.79 Å². The number of nitrogens with zero attached hydrogens (tertiary/aromatic N) is 4. The average Bonchev–Trinajstić information content (AvgIpc) is 3.56. The van der Waals surface area contributed by atoms with Gasteiger partial charge in [-0.1, -0.05) is 12.1 Å². The lowest BCUT2D eigenvalue weighted by Gasteiger charge is -2.35. The number of benzene rings is 1. The maximum Gasteiger partial charge on any atom is 0.317 e. The van der Waals surface area contributed by atoms with E-state index in [0.717, 1.165) is 29.6 Å². The van der Waals surface area contributed by atoms with Crippen LogP contribution in [0.3, 0.4) is 0 Å². The molecule has 2 N–H and O–H groups in total. The van der Waals surface area contributed by atoms with Crippen molar-refractivity contribution in [2.45, 2.75) is 19.4 Å². The Morgan fingerprint density at radius 2 is 1.84 bits per heavy atom. The molecule has 2 aliphatic rings. The van der Waals surface area contributed by atoms with E-state index in [1.165, 1.54) is 18.5 Å². The zero-order valence-electron chi connectivity index (χ0n) is 17.0. The third kappa shape index (κ3) is 4.08. The van der Waals surface area contributed by atoms with Crippen LogP contribution in [0, 0.1) is 11.7 Å². The quantitative estimate of drug-likeness (QED) is 0.617. The minimum Gasteiger partial charge on any atom is -0.352 e. The number of urea groups is 1. The molecule has 0 unspecified atom stereocenters. The average molecular weight is 422 g/mol. The van der Waals surface area contributed by atoms with Gasteiger partial charge in [0.25, 0.3) is 0 Å². The van der Waals surface area contributed by atoms with Gasteiger partial charge in [0.05, 0.1) is 11.1 Å². The van der Waals surface area contributed by atoms with Crippen LogP contribution in [0.4, 0.5) is 15.0 Å². The predicted octanol–water partition coefficient (Wildman–Crippen LogP) is 2.72. The lowest BCUT2D eigenvalue weighted by atomic mass is 10.2. The number of amides is 2. The maximum absolute atomic E-state index is 13.0. The second-order valence-electron chi connectivity index (χ2n) is 8.04. The van der Waals surface area contributed by atoms with E-state index in [-0.39, 0.29) is 23.5 Å². The molecule has 1 aromatic carbocycles. The van der Waals surface area contributed by atoms with E-state index in [0.29, 0.717) is 44.1 Å². The monoisotopic (exact) mass is 422 g/mol. The highest BCUT2D eigenvalue weighted by Crippen LogP contribution is 2.34. The molecule has 1 aliphatic carbocycles. The number of halogens is 1. The van der Waals surface area contributed by atoms with E-state index in [2.05, 4.69) is 25.2 Å². The predicted molar refractivity (Wildman–Crippen MR) is 113 cm³/mol. The van der Waals surface area contributed by atoms with E-state index >= 15 is 0 Å². The van der Waals surface area contributed by atoms with Crippen LogP contribution in [0.1, 0.15) is 28.9 Å². The lowest BCUT2D eigenvalue weighted by molar-refractivity contribution is 0.0963. The van der Waals surface area contributed by atoms with E-state index in [4.69, 9.17) is 0 Å². The number of H-pyrrole nitrogens is 1. The van der Waals surface area contributed by atoms with E-state index < -0.39 is 0 Å². The van der Waals surface area contributed by atoms with Crippen molar-refractivity contribution in [3.8, 4) is 0 Å². The fourth-order valence-electron chi connectivity index (χ4n) is 3.89. The number of carbonyl (C=O) groups excluding carboxylic acids is 2. The van der Waals surface area contributed by atoms with Crippen LogP contribution in [0.2, 0.25) is 0 Å². The molecule has 0 radical (unpaired) electrons. The first-order valence-corrected chi connectivity index (χ1v) is 10.5. The number of rotatable bonds is 5. The van der Waals surface area contributed by atoms with Crippen molar-refractivity contribution in [1.29, 1.82) is 0 Å². The van der Waals surface area contributed by atoms with Gasteiger partial charge in [0, 0.05) is 38.6 Å².